The molecule has 26 heavy (non-hydrogen) atoms. The quantitative estimate of drug-likeness (QED) is 0.722. The molecule has 0 spiro atoms. The average Bonchev–Trinajstić information content (AvgIpc) is 3.16. The maximum atomic E-state index is 13.7. The van der Waals surface area contributed by atoms with E-state index in [0.717, 1.165) is 46.8 Å². The van der Waals surface area contributed by atoms with Gasteiger partial charge in [-0.25, -0.2) is 0 Å². The number of aromatic amines is 2. The van der Waals surface area contributed by atoms with Gasteiger partial charge >= 0.3 is 0 Å². The van der Waals surface area contributed by atoms with E-state index in [1.807, 2.05) is 13.0 Å². The van der Waals surface area contributed by atoms with Gasteiger partial charge in [0, 0.05) is 41.2 Å². The van der Waals surface area contributed by atoms with Crippen molar-refractivity contribution in [2.24, 2.45) is 0 Å². The van der Waals surface area contributed by atoms with E-state index in [4.69, 9.17) is 0 Å². The van der Waals surface area contributed by atoms with Gasteiger partial charge in [-0.15, -0.1) is 0 Å². The number of rotatable bonds is 5. The van der Waals surface area contributed by atoms with Crippen LogP contribution in [-0.2, 0) is 6.42 Å². The molecule has 0 bridgehead atoms. The number of aryl methyl sites for hydroxylation is 5. The Hall–Kier alpha value is -2.30. The lowest BCUT2D eigenvalue weighted by Gasteiger charge is -2.17. The second-order valence-corrected chi connectivity index (χ2v) is 7.39. The van der Waals surface area contributed by atoms with Crippen LogP contribution in [0.15, 0.2) is 29.5 Å². The van der Waals surface area contributed by atoms with Gasteiger partial charge in [-0.1, -0.05) is 0 Å². The second-order valence-electron chi connectivity index (χ2n) is 7.39. The number of allylic oxidation sites excluding steroid dienone is 3. The SMILES string of the molecule is CC1=CC(C)=[N+]([B-]F)C1=C(CCc1[nH]c(C)cc1C)c1[nH]c(C)cc1C. The number of nitrogens with zero attached hydrogens (tertiary/aromatic N) is 1. The summed E-state index contributed by atoms with van der Waals surface area (Å²) >= 11 is 0. The molecular weight excluding hydrogens is 324 g/mol. The molecule has 2 aromatic heterocycles. The van der Waals surface area contributed by atoms with Gasteiger partial charge in [0.05, 0.1) is 5.69 Å². The number of hydrogen-bond acceptors (Lipinski definition) is 0. The molecular formula is C21H27BFN3. The Kier molecular flexibility index (Phi) is 5.08. The molecule has 0 amide bonds. The van der Waals surface area contributed by atoms with E-state index in [1.165, 1.54) is 22.5 Å². The summed E-state index contributed by atoms with van der Waals surface area (Å²) < 4.78 is 15.3. The number of hydrogen-bond donors (Lipinski definition) is 2. The fourth-order valence-electron chi connectivity index (χ4n) is 4.02. The molecule has 0 saturated carbocycles. The van der Waals surface area contributed by atoms with E-state index in [2.05, 4.69) is 56.7 Å². The minimum absolute atomic E-state index is 0.673. The summed E-state index contributed by atoms with van der Waals surface area (Å²) in [7, 11) is 0.673. The van der Waals surface area contributed by atoms with Crippen molar-refractivity contribution in [1.82, 2.24) is 9.97 Å². The van der Waals surface area contributed by atoms with Crippen LogP contribution >= 0.6 is 0 Å². The zero-order chi connectivity index (χ0) is 19.0. The summed E-state index contributed by atoms with van der Waals surface area (Å²) in [4.78, 5) is 6.95. The molecule has 3 rings (SSSR count). The predicted molar refractivity (Wildman–Crippen MR) is 107 cm³/mol. The maximum absolute atomic E-state index is 13.7. The maximum Gasteiger partial charge on any atom is 0.300 e. The van der Waals surface area contributed by atoms with Crippen molar-refractivity contribution >= 4 is 19.0 Å². The number of nitrogens with one attached hydrogen (secondary N) is 2. The molecule has 2 N–H and O–H groups in total. The highest BCUT2D eigenvalue weighted by atomic mass is 19.1. The van der Waals surface area contributed by atoms with E-state index < -0.39 is 0 Å². The van der Waals surface area contributed by atoms with Gasteiger partial charge < -0.3 is 18.8 Å². The molecule has 2 aromatic rings. The fourth-order valence-corrected chi connectivity index (χ4v) is 4.02. The highest BCUT2D eigenvalue weighted by Crippen LogP contribution is 2.33. The summed E-state index contributed by atoms with van der Waals surface area (Å²) in [5, 5.41) is 0. The van der Waals surface area contributed by atoms with Crippen molar-refractivity contribution in [1.29, 1.82) is 0 Å². The third-order valence-electron chi connectivity index (χ3n) is 5.14. The standard InChI is InChI=1S/C21H27BFN3/c1-12-9-15(4)24-19(12)8-7-18(20-13(2)10-16(5)25-20)21-14(3)11-17(6)26(21)22-23/h9-11,24-25H,7-8H2,1-6H3. The number of halogens is 1. The summed E-state index contributed by atoms with van der Waals surface area (Å²) in [6, 6.07) is 4.32. The molecule has 0 atom stereocenters. The zero-order valence-electron chi connectivity index (χ0n) is 16.5. The molecule has 1 aliphatic rings. The lowest BCUT2D eigenvalue weighted by molar-refractivity contribution is -0.320. The van der Waals surface area contributed by atoms with Gasteiger partial charge in [0.1, 0.15) is 5.71 Å². The van der Waals surface area contributed by atoms with Crippen molar-refractivity contribution in [3.8, 4) is 0 Å². The van der Waals surface area contributed by atoms with E-state index in [1.54, 1.807) is 4.49 Å². The first-order chi connectivity index (χ1) is 12.3. The third-order valence-corrected chi connectivity index (χ3v) is 5.14. The van der Waals surface area contributed by atoms with Crippen molar-refractivity contribution in [2.45, 2.75) is 54.4 Å². The molecule has 3 heterocycles. The largest absolute Gasteiger partial charge is 0.491 e. The molecule has 2 radical (unpaired) electrons. The van der Waals surface area contributed by atoms with Crippen LogP contribution < -0.4 is 0 Å². The van der Waals surface area contributed by atoms with Crippen LogP contribution in [0.3, 0.4) is 0 Å². The van der Waals surface area contributed by atoms with Crippen molar-refractivity contribution in [3.63, 3.8) is 0 Å². The molecule has 0 aromatic carbocycles. The van der Waals surface area contributed by atoms with Gasteiger partial charge in [-0.05, 0) is 70.7 Å². The van der Waals surface area contributed by atoms with Gasteiger partial charge in [-0.3, -0.25) is 0 Å². The molecule has 0 fully saturated rings. The normalized spacial score (nSPS) is 16.5. The van der Waals surface area contributed by atoms with Crippen LogP contribution in [-0.4, -0.2) is 27.9 Å². The topological polar surface area (TPSA) is 34.6 Å². The molecule has 0 unspecified atom stereocenters. The van der Waals surface area contributed by atoms with Gasteiger partial charge in [-0.2, -0.15) is 0 Å². The van der Waals surface area contributed by atoms with E-state index in [-0.39, 0.29) is 0 Å². The zero-order valence-corrected chi connectivity index (χ0v) is 16.5. The number of H-pyrrole nitrogens is 2. The summed E-state index contributed by atoms with van der Waals surface area (Å²) in [6.45, 7) is 12.4. The first-order valence-electron chi connectivity index (χ1n) is 9.11. The van der Waals surface area contributed by atoms with Crippen molar-refractivity contribution < 1.29 is 8.80 Å². The van der Waals surface area contributed by atoms with Crippen LogP contribution in [0.5, 0.6) is 0 Å². The van der Waals surface area contributed by atoms with Crippen molar-refractivity contribution in [3.05, 3.63) is 63.4 Å². The smallest absolute Gasteiger partial charge is 0.300 e. The minimum atomic E-state index is 0.673. The van der Waals surface area contributed by atoms with Crippen LogP contribution in [0.2, 0.25) is 0 Å². The van der Waals surface area contributed by atoms with E-state index >= 15 is 0 Å². The predicted octanol–water partition coefficient (Wildman–Crippen LogP) is 4.86. The van der Waals surface area contributed by atoms with E-state index in [0.29, 0.717) is 7.69 Å². The lowest BCUT2D eigenvalue weighted by Crippen LogP contribution is -2.17. The van der Waals surface area contributed by atoms with Crippen LogP contribution in [0, 0.1) is 27.7 Å². The first-order valence-corrected chi connectivity index (χ1v) is 9.11. The summed E-state index contributed by atoms with van der Waals surface area (Å²) in [6.07, 6.45) is 3.77. The van der Waals surface area contributed by atoms with Crippen LogP contribution in [0.25, 0.3) is 5.57 Å². The Labute approximate surface area is 156 Å². The van der Waals surface area contributed by atoms with Crippen LogP contribution in [0.4, 0.5) is 4.32 Å². The molecule has 0 aliphatic carbocycles. The van der Waals surface area contributed by atoms with Crippen LogP contribution in [0.1, 0.15) is 54.2 Å². The molecule has 3 nitrogen and oxygen atoms in total. The molecule has 5 heteroatoms. The highest BCUT2D eigenvalue weighted by Gasteiger charge is 2.25. The van der Waals surface area contributed by atoms with E-state index in [9.17, 15) is 4.32 Å². The Morgan fingerprint density at radius 1 is 1.00 bits per heavy atom. The van der Waals surface area contributed by atoms with Crippen molar-refractivity contribution in [2.75, 3.05) is 0 Å². The summed E-state index contributed by atoms with van der Waals surface area (Å²) in [5.74, 6) is 0. The Morgan fingerprint density at radius 2 is 1.65 bits per heavy atom. The molecule has 1 aliphatic heterocycles. The monoisotopic (exact) mass is 351 g/mol. The van der Waals surface area contributed by atoms with Gasteiger partial charge in [0.15, 0.2) is 5.70 Å². The molecule has 136 valence electrons. The highest BCUT2D eigenvalue weighted by molar-refractivity contribution is 6.19. The summed E-state index contributed by atoms with van der Waals surface area (Å²) in [5.41, 5.74) is 11.2. The Bertz CT molecular complexity index is 941. The third kappa shape index (κ3) is 3.35. The number of aromatic nitrogens is 2. The molecule has 0 saturated heterocycles. The average molecular weight is 351 g/mol. The minimum Gasteiger partial charge on any atom is -0.491 e. The second kappa shape index (κ2) is 7.14. The Balaban J connectivity index is 2.09. The van der Waals surface area contributed by atoms with Gasteiger partial charge in [0.2, 0.25) is 0 Å². The fraction of sp³-hybridized carbons (Fsp3) is 0.381. The van der Waals surface area contributed by atoms with Gasteiger partial charge in [0.25, 0.3) is 7.69 Å². The Morgan fingerprint density at radius 3 is 2.19 bits per heavy atom. The lowest BCUT2D eigenvalue weighted by atomic mass is 9.96. The first kappa shape index (κ1) is 18.5.